The van der Waals surface area contributed by atoms with E-state index >= 15 is 0 Å². The first kappa shape index (κ1) is 17.0. The molecule has 0 aliphatic carbocycles. The lowest BCUT2D eigenvalue weighted by Gasteiger charge is -2.28. The van der Waals surface area contributed by atoms with Gasteiger partial charge in [-0.2, -0.15) is 0 Å². The smallest absolute Gasteiger partial charge is 0.123 e. The molecule has 0 spiro atoms. The predicted molar refractivity (Wildman–Crippen MR) is 86.0 cm³/mol. The van der Waals surface area contributed by atoms with Crippen LogP contribution in [0.5, 0.6) is 5.75 Å². The van der Waals surface area contributed by atoms with Gasteiger partial charge in [0, 0.05) is 24.7 Å². The summed E-state index contributed by atoms with van der Waals surface area (Å²) in [7, 11) is 1.70. The summed E-state index contributed by atoms with van der Waals surface area (Å²) in [6.07, 6.45) is 3.68. The van der Waals surface area contributed by atoms with Crippen molar-refractivity contribution in [1.82, 2.24) is 4.90 Å². The number of nitrogens with zero attached hydrogens (tertiary/aromatic N) is 1. The van der Waals surface area contributed by atoms with Crippen LogP contribution in [-0.2, 0) is 13.1 Å². The van der Waals surface area contributed by atoms with Gasteiger partial charge >= 0.3 is 0 Å². The minimum Gasteiger partial charge on any atom is -0.496 e. The standard InChI is InChI=1S/C17H30N2O/c1-5-7-10-19(14(3)6-2)13-15-8-9-17(20-4)16(11-15)12-18/h8-9,11,14H,5-7,10,12-13,18H2,1-4H3. The van der Waals surface area contributed by atoms with Crippen LogP contribution in [-0.4, -0.2) is 24.6 Å². The highest BCUT2D eigenvalue weighted by atomic mass is 16.5. The van der Waals surface area contributed by atoms with Crippen LogP contribution in [0.15, 0.2) is 18.2 Å². The second-order valence-electron chi connectivity index (χ2n) is 5.43. The molecule has 0 radical (unpaired) electrons. The Morgan fingerprint density at radius 2 is 2.05 bits per heavy atom. The molecule has 20 heavy (non-hydrogen) atoms. The lowest BCUT2D eigenvalue weighted by atomic mass is 10.1. The first-order valence-corrected chi connectivity index (χ1v) is 7.76. The van der Waals surface area contributed by atoms with E-state index in [1.54, 1.807) is 7.11 Å². The van der Waals surface area contributed by atoms with Gasteiger partial charge in [-0.15, -0.1) is 0 Å². The molecule has 1 unspecified atom stereocenters. The Kier molecular flexibility index (Phi) is 7.63. The maximum absolute atomic E-state index is 5.80. The third kappa shape index (κ3) is 4.80. The summed E-state index contributed by atoms with van der Waals surface area (Å²) in [4.78, 5) is 2.56. The van der Waals surface area contributed by atoms with E-state index in [0.29, 0.717) is 12.6 Å². The van der Waals surface area contributed by atoms with E-state index < -0.39 is 0 Å². The summed E-state index contributed by atoms with van der Waals surface area (Å²) in [5.41, 5.74) is 8.21. The number of hydrogen-bond acceptors (Lipinski definition) is 3. The Balaban J connectivity index is 2.81. The molecule has 0 fully saturated rings. The van der Waals surface area contributed by atoms with Gasteiger partial charge in [0.05, 0.1) is 7.11 Å². The third-order valence-corrected chi connectivity index (χ3v) is 3.96. The van der Waals surface area contributed by atoms with E-state index in [-0.39, 0.29) is 0 Å². The zero-order chi connectivity index (χ0) is 15.0. The van der Waals surface area contributed by atoms with Gasteiger partial charge in [-0.3, -0.25) is 4.90 Å². The number of unbranched alkanes of at least 4 members (excludes halogenated alkanes) is 1. The average molecular weight is 278 g/mol. The maximum atomic E-state index is 5.80. The summed E-state index contributed by atoms with van der Waals surface area (Å²) in [5, 5.41) is 0. The molecule has 0 saturated heterocycles. The van der Waals surface area contributed by atoms with Gasteiger partial charge in [-0.25, -0.2) is 0 Å². The SMILES string of the molecule is CCCCN(Cc1ccc(OC)c(CN)c1)C(C)CC. The number of rotatable bonds is 9. The largest absolute Gasteiger partial charge is 0.496 e. The maximum Gasteiger partial charge on any atom is 0.123 e. The van der Waals surface area contributed by atoms with Gasteiger partial charge in [0.2, 0.25) is 0 Å². The highest BCUT2D eigenvalue weighted by Crippen LogP contribution is 2.21. The quantitative estimate of drug-likeness (QED) is 0.750. The predicted octanol–water partition coefficient (Wildman–Crippen LogP) is 3.55. The monoisotopic (exact) mass is 278 g/mol. The second kappa shape index (κ2) is 8.98. The third-order valence-electron chi connectivity index (χ3n) is 3.96. The van der Waals surface area contributed by atoms with Crippen molar-refractivity contribution in [3.8, 4) is 5.75 Å². The first-order valence-electron chi connectivity index (χ1n) is 7.76. The van der Waals surface area contributed by atoms with Crippen LogP contribution in [0.3, 0.4) is 0 Å². The van der Waals surface area contributed by atoms with E-state index in [0.717, 1.165) is 24.4 Å². The summed E-state index contributed by atoms with van der Waals surface area (Å²) in [5.74, 6) is 0.889. The fraction of sp³-hybridized carbons (Fsp3) is 0.647. The molecule has 0 amide bonds. The summed E-state index contributed by atoms with van der Waals surface area (Å²) in [6, 6.07) is 6.98. The molecule has 0 aliphatic rings. The van der Waals surface area contributed by atoms with Crippen LogP contribution < -0.4 is 10.5 Å². The van der Waals surface area contributed by atoms with Crippen molar-refractivity contribution in [2.24, 2.45) is 5.73 Å². The highest BCUT2D eigenvalue weighted by Gasteiger charge is 2.13. The van der Waals surface area contributed by atoms with Crippen molar-refractivity contribution in [3.63, 3.8) is 0 Å². The van der Waals surface area contributed by atoms with Crippen molar-refractivity contribution >= 4 is 0 Å². The van der Waals surface area contributed by atoms with Gasteiger partial charge in [0.1, 0.15) is 5.75 Å². The zero-order valence-corrected chi connectivity index (χ0v) is 13.5. The van der Waals surface area contributed by atoms with Gasteiger partial charge in [0.15, 0.2) is 0 Å². The average Bonchev–Trinajstić information content (AvgIpc) is 2.50. The lowest BCUT2D eigenvalue weighted by Crippen LogP contribution is -2.33. The Labute approximate surface area is 124 Å². The second-order valence-corrected chi connectivity index (χ2v) is 5.43. The number of methoxy groups -OCH3 is 1. The number of ether oxygens (including phenoxy) is 1. The van der Waals surface area contributed by atoms with Gasteiger partial charge in [0.25, 0.3) is 0 Å². The molecule has 0 saturated carbocycles. The van der Waals surface area contributed by atoms with E-state index in [9.17, 15) is 0 Å². The number of nitrogens with two attached hydrogens (primary N) is 1. The normalized spacial score (nSPS) is 12.7. The molecule has 3 nitrogen and oxygen atoms in total. The van der Waals surface area contributed by atoms with Crippen LogP contribution >= 0.6 is 0 Å². The Hall–Kier alpha value is -1.06. The minimum absolute atomic E-state index is 0.523. The molecule has 3 heteroatoms. The molecule has 2 N–H and O–H groups in total. The van der Waals surface area contributed by atoms with Crippen LogP contribution in [0, 0.1) is 0 Å². The van der Waals surface area contributed by atoms with Crippen molar-refractivity contribution in [2.45, 2.75) is 59.2 Å². The Morgan fingerprint density at radius 3 is 2.60 bits per heavy atom. The molecule has 0 heterocycles. The Bertz CT molecular complexity index is 393. The molecule has 0 aliphatic heterocycles. The van der Waals surface area contributed by atoms with Gasteiger partial charge < -0.3 is 10.5 Å². The molecule has 1 aromatic carbocycles. The minimum atomic E-state index is 0.523. The first-order chi connectivity index (χ1) is 9.65. The van der Waals surface area contributed by atoms with E-state index in [1.807, 2.05) is 6.07 Å². The molecular formula is C17H30N2O. The molecule has 1 rings (SSSR count). The van der Waals surface area contributed by atoms with Crippen LogP contribution in [0.1, 0.15) is 51.2 Å². The summed E-state index contributed by atoms with van der Waals surface area (Å²) in [6.45, 7) is 9.48. The molecule has 0 aromatic heterocycles. The van der Waals surface area contributed by atoms with E-state index in [2.05, 4.69) is 37.8 Å². The summed E-state index contributed by atoms with van der Waals surface area (Å²) < 4.78 is 5.34. The van der Waals surface area contributed by atoms with E-state index in [1.165, 1.54) is 24.8 Å². The zero-order valence-electron chi connectivity index (χ0n) is 13.5. The fourth-order valence-electron chi connectivity index (χ4n) is 2.40. The van der Waals surface area contributed by atoms with Crippen LogP contribution in [0.2, 0.25) is 0 Å². The molecule has 1 atom stereocenters. The van der Waals surface area contributed by atoms with Crippen molar-refractivity contribution < 1.29 is 4.74 Å². The highest BCUT2D eigenvalue weighted by molar-refractivity contribution is 5.37. The van der Waals surface area contributed by atoms with Crippen molar-refractivity contribution in [3.05, 3.63) is 29.3 Å². The lowest BCUT2D eigenvalue weighted by molar-refractivity contribution is 0.192. The summed E-state index contributed by atoms with van der Waals surface area (Å²) >= 11 is 0. The van der Waals surface area contributed by atoms with Gasteiger partial charge in [-0.05, 0) is 44.0 Å². The van der Waals surface area contributed by atoms with Crippen molar-refractivity contribution in [1.29, 1.82) is 0 Å². The van der Waals surface area contributed by atoms with Crippen molar-refractivity contribution in [2.75, 3.05) is 13.7 Å². The van der Waals surface area contributed by atoms with Crippen LogP contribution in [0.25, 0.3) is 0 Å². The van der Waals surface area contributed by atoms with E-state index in [4.69, 9.17) is 10.5 Å². The topological polar surface area (TPSA) is 38.5 Å². The molecular weight excluding hydrogens is 248 g/mol. The van der Waals surface area contributed by atoms with Crippen LogP contribution in [0.4, 0.5) is 0 Å². The molecule has 0 bridgehead atoms. The Morgan fingerprint density at radius 1 is 1.30 bits per heavy atom. The number of benzene rings is 1. The molecule has 114 valence electrons. The number of hydrogen-bond donors (Lipinski definition) is 1. The fourth-order valence-corrected chi connectivity index (χ4v) is 2.40. The molecule has 1 aromatic rings. The van der Waals surface area contributed by atoms with Gasteiger partial charge in [-0.1, -0.05) is 26.3 Å².